The fourth-order valence-electron chi connectivity index (χ4n) is 2.09. The molecule has 1 N–H and O–H groups in total. The average molecular weight is 287 g/mol. The van der Waals surface area contributed by atoms with E-state index in [-0.39, 0.29) is 12.5 Å². The standard InChI is InChI=1S/C15H17N3O3/c1-18(8-9-19)15(20)12-6-4-11(5-7-12)14-16-13(17-21-14)10-2-3-10/h4-7,10,19H,2-3,8-9H2,1H3. The number of aliphatic hydroxyl groups is 1. The van der Waals surface area contributed by atoms with Gasteiger partial charge in [0.1, 0.15) is 0 Å². The Morgan fingerprint density at radius 1 is 1.38 bits per heavy atom. The maximum atomic E-state index is 12.0. The number of hydrogen-bond acceptors (Lipinski definition) is 5. The van der Waals surface area contributed by atoms with E-state index in [0.29, 0.717) is 23.9 Å². The van der Waals surface area contributed by atoms with E-state index in [4.69, 9.17) is 9.63 Å². The third-order valence-electron chi connectivity index (χ3n) is 3.55. The maximum Gasteiger partial charge on any atom is 0.257 e. The first-order valence-corrected chi connectivity index (χ1v) is 6.99. The van der Waals surface area contributed by atoms with E-state index >= 15 is 0 Å². The molecule has 3 rings (SSSR count). The molecule has 1 amide bonds. The Bertz CT molecular complexity index is 632. The van der Waals surface area contributed by atoms with Gasteiger partial charge in [-0.05, 0) is 37.1 Å². The van der Waals surface area contributed by atoms with Crippen LogP contribution in [0.3, 0.4) is 0 Å². The number of carbonyl (C=O) groups is 1. The molecule has 1 saturated carbocycles. The van der Waals surface area contributed by atoms with Crippen LogP contribution in [0.25, 0.3) is 11.5 Å². The van der Waals surface area contributed by atoms with Gasteiger partial charge in [-0.25, -0.2) is 0 Å². The van der Waals surface area contributed by atoms with Crippen LogP contribution in [-0.4, -0.2) is 46.3 Å². The van der Waals surface area contributed by atoms with Crippen LogP contribution < -0.4 is 0 Å². The molecular weight excluding hydrogens is 270 g/mol. The molecule has 0 saturated heterocycles. The Kier molecular flexibility index (Phi) is 3.70. The van der Waals surface area contributed by atoms with Crippen molar-refractivity contribution in [1.29, 1.82) is 0 Å². The number of amides is 1. The van der Waals surface area contributed by atoms with Crippen molar-refractivity contribution in [3.8, 4) is 11.5 Å². The number of nitrogens with zero attached hydrogens (tertiary/aromatic N) is 3. The molecule has 1 heterocycles. The van der Waals surface area contributed by atoms with E-state index in [0.717, 1.165) is 24.2 Å². The lowest BCUT2D eigenvalue weighted by atomic mass is 10.1. The van der Waals surface area contributed by atoms with E-state index in [1.807, 2.05) is 0 Å². The third-order valence-corrected chi connectivity index (χ3v) is 3.55. The SMILES string of the molecule is CN(CCO)C(=O)c1ccc(-c2nc(C3CC3)no2)cc1. The minimum atomic E-state index is -0.125. The molecule has 1 aliphatic carbocycles. The monoisotopic (exact) mass is 287 g/mol. The summed E-state index contributed by atoms with van der Waals surface area (Å²) >= 11 is 0. The number of aliphatic hydroxyl groups excluding tert-OH is 1. The lowest BCUT2D eigenvalue weighted by Crippen LogP contribution is -2.29. The average Bonchev–Trinajstić information content (AvgIpc) is 3.24. The van der Waals surface area contributed by atoms with Crippen LogP contribution in [0, 0.1) is 0 Å². The molecule has 0 bridgehead atoms. The second-order valence-corrected chi connectivity index (χ2v) is 5.26. The molecule has 1 aliphatic rings. The fourth-order valence-corrected chi connectivity index (χ4v) is 2.09. The number of benzene rings is 1. The van der Waals surface area contributed by atoms with Crippen molar-refractivity contribution in [3.63, 3.8) is 0 Å². The smallest absolute Gasteiger partial charge is 0.257 e. The van der Waals surface area contributed by atoms with Gasteiger partial charge >= 0.3 is 0 Å². The van der Waals surface area contributed by atoms with Crippen LogP contribution in [0.5, 0.6) is 0 Å². The molecule has 6 nitrogen and oxygen atoms in total. The number of aromatic nitrogens is 2. The minimum absolute atomic E-state index is 0.0494. The van der Waals surface area contributed by atoms with Crippen LogP contribution in [0.2, 0.25) is 0 Å². The topological polar surface area (TPSA) is 79.5 Å². The molecule has 6 heteroatoms. The highest BCUT2D eigenvalue weighted by molar-refractivity contribution is 5.94. The van der Waals surface area contributed by atoms with E-state index in [9.17, 15) is 4.79 Å². The van der Waals surface area contributed by atoms with Crippen LogP contribution in [-0.2, 0) is 0 Å². The van der Waals surface area contributed by atoms with Crippen molar-refractivity contribution in [2.45, 2.75) is 18.8 Å². The predicted molar refractivity (Wildman–Crippen MR) is 75.8 cm³/mol. The Labute approximate surface area is 122 Å². The summed E-state index contributed by atoms with van der Waals surface area (Å²) in [4.78, 5) is 17.9. The van der Waals surface area contributed by atoms with Gasteiger partial charge in [-0.3, -0.25) is 4.79 Å². The summed E-state index contributed by atoms with van der Waals surface area (Å²) in [5.41, 5.74) is 1.37. The van der Waals surface area contributed by atoms with Crippen molar-refractivity contribution < 1.29 is 14.4 Å². The largest absolute Gasteiger partial charge is 0.395 e. The van der Waals surface area contributed by atoms with Gasteiger partial charge in [0.2, 0.25) is 0 Å². The summed E-state index contributed by atoms with van der Waals surface area (Å²) in [5.74, 6) is 1.59. The van der Waals surface area contributed by atoms with Crippen molar-refractivity contribution in [1.82, 2.24) is 15.0 Å². The molecule has 0 unspecified atom stereocenters. The van der Waals surface area contributed by atoms with E-state index in [2.05, 4.69) is 10.1 Å². The van der Waals surface area contributed by atoms with Gasteiger partial charge < -0.3 is 14.5 Å². The highest BCUT2D eigenvalue weighted by Crippen LogP contribution is 2.38. The number of rotatable bonds is 5. The lowest BCUT2D eigenvalue weighted by molar-refractivity contribution is 0.0767. The first-order chi connectivity index (χ1) is 10.2. The fraction of sp³-hybridized carbons (Fsp3) is 0.400. The summed E-state index contributed by atoms with van der Waals surface area (Å²) < 4.78 is 5.25. The predicted octanol–water partition coefficient (Wildman–Crippen LogP) is 1.68. The van der Waals surface area contributed by atoms with E-state index < -0.39 is 0 Å². The molecule has 0 spiro atoms. The molecule has 1 fully saturated rings. The zero-order valence-electron chi connectivity index (χ0n) is 11.8. The molecular formula is C15H17N3O3. The molecule has 0 radical (unpaired) electrons. The van der Waals surface area contributed by atoms with Crippen LogP contribution in [0.1, 0.15) is 34.9 Å². The minimum Gasteiger partial charge on any atom is -0.395 e. The van der Waals surface area contributed by atoms with Crippen LogP contribution in [0.4, 0.5) is 0 Å². The first-order valence-electron chi connectivity index (χ1n) is 6.99. The van der Waals surface area contributed by atoms with Gasteiger partial charge in [-0.1, -0.05) is 5.16 Å². The zero-order chi connectivity index (χ0) is 14.8. The number of hydrogen-bond donors (Lipinski definition) is 1. The molecule has 0 atom stereocenters. The molecule has 1 aromatic heterocycles. The van der Waals surface area contributed by atoms with Crippen LogP contribution >= 0.6 is 0 Å². The third kappa shape index (κ3) is 2.95. The first kappa shape index (κ1) is 13.8. The van der Waals surface area contributed by atoms with Gasteiger partial charge in [-0.15, -0.1) is 0 Å². The summed E-state index contributed by atoms with van der Waals surface area (Å²) in [5, 5.41) is 12.8. The number of carbonyl (C=O) groups excluding carboxylic acids is 1. The van der Waals surface area contributed by atoms with Gasteiger partial charge in [-0.2, -0.15) is 4.98 Å². The zero-order valence-corrected chi connectivity index (χ0v) is 11.8. The Morgan fingerprint density at radius 2 is 2.10 bits per heavy atom. The quantitative estimate of drug-likeness (QED) is 0.905. The Morgan fingerprint density at radius 3 is 2.71 bits per heavy atom. The molecule has 110 valence electrons. The summed E-state index contributed by atoms with van der Waals surface area (Å²) in [6.45, 7) is 0.265. The van der Waals surface area contributed by atoms with Gasteiger partial charge in [0, 0.05) is 30.6 Å². The molecule has 1 aromatic carbocycles. The van der Waals surface area contributed by atoms with E-state index in [1.54, 1.807) is 31.3 Å². The summed E-state index contributed by atoms with van der Waals surface area (Å²) in [6.07, 6.45) is 2.26. The molecule has 2 aromatic rings. The van der Waals surface area contributed by atoms with Crippen molar-refractivity contribution in [2.24, 2.45) is 0 Å². The second kappa shape index (κ2) is 5.65. The Hall–Kier alpha value is -2.21. The van der Waals surface area contributed by atoms with Crippen molar-refractivity contribution in [3.05, 3.63) is 35.7 Å². The Balaban J connectivity index is 1.75. The molecule has 21 heavy (non-hydrogen) atoms. The number of likely N-dealkylation sites (N-methyl/N-ethyl adjacent to an activating group) is 1. The van der Waals surface area contributed by atoms with Gasteiger partial charge in [0.25, 0.3) is 11.8 Å². The summed E-state index contributed by atoms with van der Waals surface area (Å²) in [6, 6.07) is 7.05. The van der Waals surface area contributed by atoms with Crippen molar-refractivity contribution >= 4 is 5.91 Å². The second-order valence-electron chi connectivity index (χ2n) is 5.26. The molecule has 0 aliphatic heterocycles. The summed E-state index contributed by atoms with van der Waals surface area (Å²) in [7, 11) is 1.66. The highest BCUT2D eigenvalue weighted by atomic mass is 16.5. The van der Waals surface area contributed by atoms with Gasteiger partial charge in [0.05, 0.1) is 6.61 Å². The normalized spacial score (nSPS) is 14.2. The van der Waals surface area contributed by atoms with E-state index in [1.165, 1.54) is 4.90 Å². The van der Waals surface area contributed by atoms with Gasteiger partial charge in [0.15, 0.2) is 5.82 Å². The highest BCUT2D eigenvalue weighted by Gasteiger charge is 2.29. The van der Waals surface area contributed by atoms with Crippen LogP contribution in [0.15, 0.2) is 28.8 Å². The lowest BCUT2D eigenvalue weighted by Gasteiger charge is -2.15. The van der Waals surface area contributed by atoms with Crippen molar-refractivity contribution in [2.75, 3.05) is 20.2 Å². The maximum absolute atomic E-state index is 12.0.